The molecule has 0 spiro atoms. The van der Waals surface area contributed by atoms with E-state index in [-0.39, 0.29) is 17.2 Å². The number of rotatable bonds is 6. The number of anilines is 1. The highest BCUT2D eigenvalue weighted by atomic mass is 35.5. The van der Waals surface area contributed by atoms with Crippen LogP contribution in [0.5, 0.6) is 0 Å². The number of carbonyl (C=O) groups is 1. The number of benzene rings is 2. The Morgan fingerprint density at radius 1 is 1.07 bits per heavy atom. The number of hydrogen-bond donors (Lipinski definition) is 1. The van der Waals surface area contributed by atoms with Gasteiger partial charge in [-0.05, 0) is 55.3 Å². The van der Waals surface area contributed by atoms with Crippen LogP contribution >= 0.6 is 11.6 Å². The molecule has 8 nitrogen and oxygen atoms in total. The molecule has 10 heteroatoms. The average Bonchev–Trinajstić information content (AvgIpc) is 3.17. The van der Waals surface area contributed by atoms with E-state index < -0.39 is 10.0 Å². The molecule has 1 aliphatic rings. The standard InChI is InChI=1S/C20H22ClN5O3S/c21-15-4-6-16(7-5-15)22-20(27)10-13-26-19-9-8-17(14-18(19)23-24-26)30(28,29)25-11-2-1-3-12-25/h4-9,14H,1-3,10-13H2,(H,22,27). The molecule has 1 amide bonds. The molecule has 0 aliphatic carbocycles. The molecular formula is C20H22ClN5O3S. The van der Waals surface area contributed by atoms with E-state index in [1.54, 1.807) is 47.1 Å². The normalized spacial score (nSPS) is 15.4. The second-order valence-electron chi connectivity index (χ2n) is 7.23. The Hall–Kier alpha value is -2.49. The third kappa shape index (κ3) is 4.48. The molecule has 3 aromatic rings. The highest BCUT2D eigenvalue weighted by Crippen LogP contribution is 2.23. The number of aryl methyl sites for hydroxylation is 1. The van der Waals surface area contributed by atoms with Crippen molar-refractivity contribution in [1.29, 1.82) is 0 Å². The molecule has 1 fully saturated rings. The number of sulfonamides is 1. The predicted molar refractivity (Wildman–Crippen MR) is 115 cm³/mol. The van der Waals surface area contributed by atoms with Crippen molar-refractivity contribution in [2.75, 3.05) is 18.4 Å². The second-order valence-corrected chi connectivity index (χ2v) is 9.61. The van der Waals surface area contributed by atoms with E-state index in [0.29, 0.717) is 41.4 Å². The third-order valence-corrected chi connectivity index (χ3v) is 7.26. The van der Waals surface area contributed by atoms with Crippen molar-refractivity contribution in [3.63, 3.8) is 0 Å². The van der Waals surface area contributed by atoms with Gasteiger partial charge in [-0.1, -0.05) is 23.2 Å². The molecule has 1 saturated heterocycles. The van der Waals surface area contributed by atoms with E-state index >= 15 is 0 Å². The Morgan fingerprint density at radius 3 is 2.53 bits per heavy atom. The maximum Gasteiger partial charge on any atom is 0.243 e. The highest BCUT2D eigenvalue weighted by Gasteiger charge is 2.26. The molecule has 0 bridgehead atoms. The summed E-state index contributed by atoms with van der Waals surface area (Å²) in [5.74, 6) is -0.162. The quantitative estimate of drug-likeness (QED) is 0.625. The average molecular weight is 448 g/mol. The lowest BCUT2D eigenvalue weighted by Gasteiger charge is -2.25. The van der Waals surface area contributed by atoms with Crippen LogP contribution in [0, 0.1) is 0 Å². The lowest BCUT2D eigenvalue weighted by molar-refractivity contribution is -0.116. The number of hydrogen-bond acceptors (Lipinski definition) is 5. The summed E-state index contributed by atoms with van der Waals surface area (Å²) < 4.78 is 28.9. The van der Waals surface area contributed by atoms with Crippen molar-refractivity contribution < 1.29 is 13.2 Å². The van der Waals surface area contributed by atoms with Gasteiger partial charge in [0.25, 0.3) is 0 Å². The minimum absolute atomic E-state index is 0.162. The van der Waals surface area contributed by atoms with Crippen LogP contribution in [0.25, 0.3) is 11.0 Å². The molecular weight excluding hydrogens is 426 g/mol. The first-order valence-electron chi connectivity index (χ1n) is 9.82. The van der Waals surface area contributed by atoms with Gasteiger partial charge in [-0.15, -0.1) is 5.10 Å². The molecule has 0 radical (unpaired) electrons. The van der Waals surface area contributed by atoms with Gasteiger partial charge in [-0.2, -0.15) is 4.31 Å². The van der Waals surface area contributed by atoms with Gasteiger partial charge in [0.05, 0.1) is 17.0 Å². The monoisotopic (exact) mass is 447 g/mol. The summed E-state index contributed by atoms with van der Waals surface area (Å²) >= 11 is 5.84. The number of carbonyl (C=O) groups excluding carboxylic acids is 1. The van der Waals surface area contributed by atoms with Crippen molar-refractivity contribution >= 4 is 44.3 Å². The summed E-state index contributed by atoms with van der Waals surface area (Å²) in [5, 5.41) is 11.6. The smallest absolute Gasteiger partial charge is 0.243 e. The fourth-order valence-electron chi connectivity index (χ4n) is 3.50. The summed E-state index contributed by atoms with van der Waals surface area (Å²) in [6.07, 6.45) is 3.03. The zero-order valence-electron chi connectivity index (χ0n) is 16.3. The topological polar surface area (TPSA) is 97.2 Å². The second kappa shape index (κ2) is 8.71. The minimum Gasteiger partial charge on any atom is -0.326 e. The molecule has 1 aromatic heterocycles. The Bertz CT molecular complexity index is 1150. The first kappa shape index (κ1) is 20.8. The van der Waals surface area contributed by atoms with E-state index in [0.717, 1.165) is 19.3 Å². The molecule has 0 atom stereocenters. The Balaban J connectivity index is 1.44. The molecule has 0 saturated carbocycles. The molecule has 1 aliphatic heterocycles. The molecule has 158 valence electrons. The zero-order valence-corrected chi connectivity index (χ0v) is 17.9. The molecule has 2 aromatic carbocycles. The highest BCUT2D eigenvalue weighted by molar-refractivity contribution is 7.89. The van der Waals surface area contributed by atoms with Crippen LogP contribution in [-0.2, 0) is 21.4 Å². The summed E-state index contributed by atoms with van der Waals surface area (Å²) in [4.78, 5) is 12.4. The summed E-state index contributed by atoms with van der Waals surface area (Å²) in [6, 6.07) is 11.7. The van der Waals surface area contributed by atoms with Crippen molar-refractivity contribution in [2.24, 2.45) is 0 Å². The van der Waals surface area contributed by atoms with Gasteiger partial charge in [-0.25, -0.2) is 13.1 Å². The van der Waals surface area contributed by atoms with Crippen LogP contribution < -0.4 is 5.32 Å². The van der Waals surface area contributed by atoms with E-state index in [9.17, 15) is 13.2 Å². The Kier molecular flexibility index (Phi) is 6.03. The number of piperidine rings is 1. The largest absolute Gasteiger partial charge is 0.326 e. The maximum absolute atomic E-state index is 12.9. The van der Waals surface area contributed by atoms with E-state index in [1.165, 1.54) is 4.31 Å². The Morgan fingerprint density at radius 2 is 1.80 bits per heavy atom. The molecule has 30 heavy (non-hydrogen) atoms. The van der Waals surface area contributed by atoms with Crippen LogP contribution in [0.15, 0.2) is 47.4 Å². The van der Waals surface area contributed by atoms with E-state index in [2.05, 4.69) is 15.6 Å². The van der Waals surface area contributed by atoms with Crippen molar-refractivity contribution in [2.45, 2.75) is 37.1 Å². The Labute approximate surface area is 179 Å². The number of fused-ring (bicyclic) bond motifs is 1. The van der Waals surface area contributed by atoms with Gasteiger partial charge < -0.3 is 5.32 Å². The van der Waals surface area contributed by atoms with Crippen LogP contribution in [0.3, 0.4) is 0 Å². The van der Waals surface area contributed by atoms with Crippen molar-refractivity contribution in [3.8, 4) is 0 Å². The predicted octanol–water partition coefficient (Wildman–Crippen LogP) is 3.29. The van der Waals surface area contributed by atoms with Crippen LogP contribution in [-0.4, -0.2) is 46.7 Å². The van der Waals surface area contributed by atoms with Gasteiger partial charge in [0.1, 0.15) is 5.52 Å². The minimum atomic E-state index is -3.52. The van der Waals surface area contributed by atoms with Gasteiger partial charge in [-0.3, -0.25) is 4.79 Å². The lowest BCUT2D eigenvalue weighted by atomic mass is 10.2. The van der Waals surface area contributed by atoms with Gasteiger partial charge in [0.15, 0.2) is 0 Å². The SMILES string of the molecule is O=C(CCn1nnc2cc(S(=O)(=O)N3CCCCC3)ccc21)Nc1ccc(Cl)cc1. The van der Waals surface area contributed by atoms with Gasteiger partial charge in [0, 0.05) is 30.2 Å². The van der Waals surface area contributed by atoms with Crippen LogP contribution in [0.1, 0.15) is 25.7 Å². The summed E-state index contributed by atoms with van der Waals surface area (Å²) in [5.41, 5.74) is 1.85. The van der Waals surface area contributed by atoms with Crippen LogP contribution in [0.2, 0.25) is 5.02 Å². The number of nitrogens with zero attached hydrogens (tertiary/aromatic N) is 4. The van der Waals surface area contributed by atoms with E-state index in [1.807, 2.05) is 0 Å². The number of amides is 1. The van der Waals surface area contributed by atoms with Crippen LogP contribution in [0.4, 0.5) is 5.69 Å². The van der Waals surface area contributed by atoms with Crippen molar-refractivity contribution in [1.82, 2.24) is 19.3 Å². The van der Waals surface area contributed by atoms with E-state index in [4.69, 9.17) is 11.6 Å². The lowest BCUT2D eigenvalue weighted by Crippen LogP contribution is -2.35. The number of aromatic nitrogens is 3. The molecule has 0 unspecified atom stereocenters. The third-order valence-electron chi connectivity index (χ3n) is 5.12. The molecule has 1 N–H and O–H groups in total. The van der Waals surface area contributed by atoms with Gasteiger partial charge >= 0.3 is 0 Å². The fraction of sp³-hybridized carbons (Fsp3) is 0.350. The molecule has 4 rings (SSSR count). The summed E-state index contributed by atoms with van der Waals surface area (Å²) in [6.45, 7) is 1.43. The molecule has 2 heterocycles. The zero-order chi connectivity index (χ0) is 21.1. The fourth-order valence-corrected chi connectivity index (χ4v) is 5.16. The first-order valence-corrected chi connectivity index (χ1v) is 11.6. The maximum atomic E-state index is 12.9. The summed E-state index contributed by atoms with van der Waals surface area (Å²) in [7, 11) is -3.52. The van der Waals surface area contributed by atoms with Gasteiger partial charge in [0.2, 0.25) is 15.9 Å². The first-order chi connectivity index (χ1) is 14.4. The number of halogens is 1. The number of nitrogens with one attached hydrogen (secondary N) is 1. The van der Waals surface area contributed by atoms with Crippen molar-refractivity contribution in [3.05, 3.63) is 47.5 Å².